The average molecular weight is 256 g/mol. The Kier molecular flexibility index (Phi) is 4.20. The van der Waals surface area contributed by atoms with Gasteiger partial charge in [-0.2, -0.15) is 0 Å². The molecule has 1 fully saturated rings. The normalized spacial score (nSPS) is 20.8. The van der Waals surface area contributed by atoms with Crippen LogP contribution in [0.25, 0.3) is 0 Å². The minimum absolute atomic E-state index is 0.272. The predicted octanol–water partition coefficient (Wildman–Crippen LogP) is 1.59. The first-order valence-electron chi connectivity index (χ1n) is 5.89. The second-order valence-corrected chi connectivity index (χ2v) is 4.85. The maximum absolute atomic E-state index is 9.11. The zero-order chi connectivity index (χ0) is 12.3. The van der Waals surface area contributed by atoms with Crippen molar-refractivity contribution in [2.24, 2.45) is 5.92 Å². The van der Waals surface area contributed by atoms with Gasteiger partial charge in [0.15, 0.2) is 0 Å². The van der Waals surface area contributed by atoms with Crippen LogP contribution in [0.4, 0.5) is 5.82 Å². The van der Waals surface area contributed by atoms with Crippen LogP contribution >= 0.6 is 11.6 Å². The quantitative estimate of drug-likeness (QED) is 0.858. The van der Waals surface area contributed by atoms with E-state index in [2.05, 4.69) is 15.2 Å². The van der Waals surface area contributed by atoms with Gasteiger partial charge in [-0.1, -0.05) is 11.6 Å². The van der Waals surface area contributed by atoms with Crippen LogP contribution in [-0.2, 0) is 6.54 Å². The van der Waals surface area contributed by atoms with Crippen LogP contribution in [0.3, 0.4) is 0 Å². The van der Waals surface area contributed by atoms with Crippen molar-refractivity contribution in [1.82, 2.24) is 9.88 Å². The summed E-state index contributed by atoms with van der Waals surface area (Å²) < 4.78 is 0. The van der Waals surface area contributed by atoms with Gasteiger partial charge in [-0.25, -0.2) is 4.98 Å². The van der Waals surface area contributed by atoms with Crippen LogP contribution < -0.4 is 5.32 Å². The molecule has 17 heavy (non-hydrogen) atoms. The van der Waals surface area contributed by atoms with Crippen molar-refractivity contribution in [1.29, 1.82) is 0 Å². The molecule has 4 nitrogen and oxygen atoms in total. The average Bonchev–Trinajstić information content (AvgIpc) is 2.80. The topological polar surface area (TPSA) is 48.4 Å². The van der Waals surface area contributed by atoms with Gasteiger partial charge in [0.2, 0.25) is 0 Å². The number of aliphatic hydroxyl groups is 1. The van der Waals surface area contributed by atoms with Gasteiger partial charge in [0, 0.05) is 26.7 Å². The Labute approximate surface area is 107 Å². The van der Waals surface area contributed by atoms with Crippen LogP contribution in [0.1, 0.15) is 12.1 Å². The van der Waals surface area contributed by atoms with Crippen LogP contribution in [0.15, 0.2) is 12.1 Å². The highest BCUT2D eigenvalue weighted by Gasteiger charge is 2.22. The lowest BCUT2D eigenvalue weighted by Gasteiger charge is -2.16. The molecule has 0 bridgehead atoms. The fourth-order valence-electron chi connectivity index (χ4n) is 2.15. The van der Waals surface area contributed by atoms with Crippen molar-refractivity contribution < 1.29 is 5.11 Å². The van der Waals surface area contributed by atoms with E-state index < -0.39 is 0 Å². The molecule has 0 spiro atoms. The third-order valence-electron chi connectivity index (χ3n) is 3.18. The third kappa shape index (κ3) is 3.09. The Balaban J connectivity index is 2.03. The number of aromatic nitrogens is 1. The lowest BCUT2D eigenvalue weighted by molar-refractivity contribution is 0.219. The summed E-state index contributed by atoms with van der Waals surface area (Å²) in [5, 5.41) is 12.8. The molecule has 1 saturated heterocycles. The van der Waals surface area contributed by atoms with Crippen LogP contribution in [0.2, 0.25) is 5.02 Å². The molecule has 1 unspecified atom stereocenters. The molecular formula is C12H18ClN3O. The van der Waals surface area contributed by atoms with E-state index in [4.69, 9.17) is 16.7 Å². The second-order valence-electron chi connectivity index (χ2n) is 4.45. The summed E-state index contributed by atoms with van der Waals surface area (Å²) in [5.41, 5.74) is 0.900. The summed E-state index contributed by atoms with van der Waals surface area (Å²) in [6, 6.07) is 3.74. The van der Waals surface area contributed by atoms with Crippen molar-refractivity contribution >= 4 is 17.4 Å². The van der Waals surface area contributed by atoms with E-state index in [0.717, 1.165) is 37.6 Å². The van der Waals surface area contributed by atoms with E-state index >= 15 is 0 Å². The number of hydrogen-bond acceptors (Lipinski definition) is 4. The molecule has 94 valence electrons. The summed E-state index contributed by atoms with van der Waals surface area (Å²) in [6.45, 7) is 2.96. The number of rotatable bonds is 4. The van der Waals surface area contributed by atoms with Gasteiger partial charge in [-0.3, -0.25) is 4.90 Å². The Hall–Kier alpha value is -0.840. The first-order valence-corrected chi connectivity index (χ1v) is 6.27. The highest BCUT2D eigenvalue weighted by Crippen LogP contribution is 2.22. The number of likely N-dealkylation sites (tertiary alicyclic amines) is 1. The van der Waals surface area contributed by atoms with Gasteiger partial charge >= 0.3 is 0 Å². The van der Waals surface area contributed by atoms with Crippen molar-refractivity contribution in [3.63, 3.8) is 0 Å². The lowest BCUT2D eigenvalue weighted by atomic mass is 10.1. The minimum Gasteiger partial charge on any atom is -0.396 e. The van der Waals surface area contributed by atoms with Crippen molar-refractivity contribution in [3.8, 4) is 0 Å². The number of hydrogen-bond donors (Lipinski definition) is 2. The van der Waals surface area contributed by atoms with Gasteiger partial charge < -0.3 is 10.4 Å². The lowest BCUT2D eigenvalue weighted by Crippen LogP contribution is -2.22. The number of nitrogens with zero attached hydrogens (tertiary/aromatic N) is 2. The highest BCUT2D eigenvalue weighted by atomic mass is 35.5. The molecule has 2 heterocycles. The van der Waals surface area contributed by atoms with Crippen molar-refractivity contribution in [2.45, 2.75) is 13.0 Å². The molecular weight excluding hydrogens is 238 g/mol. The van der Waals surface area contributed by atoms with Crippen LogP contribution in [0.5, 0.6) is 0 Å². The predicted molar refractivity (Wildman–Crippen MR) is 69.3 cm³/mol. The highest BCUT2D eigenvalue weighted by molar-refractivity contribution is 6.31. The molecule has 2 rings (SSSR count). The summed E-state index contributed by atoms with van der Waals surface area (Å²) in [5.74, 6) is 1.24. The van der Waals surface area contributed by atoms with E-state index in [-0.39, 0.29) is 6.61 Å². The maximum Gasteiger partial charge on any atom is 0.126 e. The Morgan fingerprint density at radius 2 is 2.41 bits per heavy atom. The van der Waals surface area contributed by atoms with Gasteiger partial charge in [-0.05, 0) is 31.0 Å². The largest absolute Gasteiger partial charge is 0.396 e. The SMILES string of the molecule is CNc1ccc(Cl)c(CN2CCC(CO)C2)n1. The van der Waals surface area contributed by atoms with Gasteiger partial charge in [0.25, 0.3) is 0 Å². The molecule has 0 saturated carbocycles. The third-order valence-corrected chi connectivity index (χ3v) is 3.52. The number of nitrogens with one attached hydrogen (secondary N) is 1. The van der Waals surface area contributed by atoms with Gasteiger partial charge in [0.1, 0.15) is 5.82 Å². The molecule has 0 radical (unpaired) electrons. The molecule has 1 aromatic heterocycles. The summed E-state index contributed by atoms with van der Waals surface area (Å²) >= 11 is 6.14. The Morgan fingerprint density at radius 1 is 1.59 bits per heavy atom. The van der Waals surface area contributed by atoms with Crippen LogP contribution in [0, 0.1) is 5.92 Å². The first kappa shape index (κ1) is 12.6. The fourth-order valence-corrected chi connectivity index (χ4v) is 2.32. The maximum atomic E-state index is 9.11. The monoisotopic (exact) mass is 255 g/mol. The first-order chi connectivity index (χ1) is 8.22. The molecule has 1 aliphatic heterocycles. The molecule has 1 atom stereocenters. The van der Waals surface area contributed by atoms with E-state index in [9.17, 15) is 0 Å². The zero-order valence-corrected chi connectivity index (χ0v) is 10.7. The number of aliphatic hydroxyl groups excluding tert-OH is 1. The second kappa shape index (κ2) is 5.67. The smallest absolute Gasteiger partial charge is 0.126 e. The molecule has 0 aliphatic carbocycles. The van der Waals surface area contributed by atoms with E-state index in [0.29, 0.717) is 10.9 Å². The fraction of sp³-hybridized carbons (Fsp3) is 0.583. The van der Waals surface area contributed by atoms with E-state index in [1.807, 2.05) is 19.2 Å². The molecule has 2 N–H and O–H groups in total. The number of halogens is 1. The van der Waals surface area contributed by atoms with E-state index in [1.54, 1.807) is 0 Å². The Bertz CT molecular complexity index is 386. The Morgan fingerprint density at radius 3 is 3.06 bits per heavy atom. The summed E-state index contributed by atoms with van der Waals surface area (Å²) in [7, 11) is 1.84. The summed E-state index contributed by atoms with van der Waals surface area (Å²) in [6.07, 6.45) is 1.06. The summed E-state index contributed by atoms with van der Waals surface area (Å²) in [4.78, 5) is 6.74. The molecule has 1 aliphatic rings. The number of anilines is 1. The van der Waals surface area contributed by atoms with Crippen molar-refractivity contribution in [3.05, 3.63) is 22.8 Å². The molecule has 5 heteroatoms. The number of pyridine rings is 1. The van der Waals surface area contributed by atoms with Gasteiger partial charge in [-0.15, -0.1) is 0 Å². The molecule has 0 aromatic carbocycles. The molecule has 0 amide bonds. The van der Waals surface area contributed by atoms with E-state index in [1.165, 1.54) is 0 Å². The standard InChI is InChI=1S/C12H18ClN3O/c1-14-12-3-2-10(13)11(15-12)7-16-5-4-9(6-16)8-17/h2-3,9,17H,4-8H2,1H3,(H,14,15). The molecule has 1 aromatic rings. The van der Waals surface area contributed by atoms with Gasteiger partial charge in [0.05, 0.1) is 10.7 Å². The van der Waals surface area contributed by atoms with Crippen LogP contribution in [-0.4, -0.2) is 41.7 Å². The zero-order valence-electron chi connectivity index (χ0n) is 9.99. The minimum atomic E-state index is 0.272. The van der Waals surface area contributed by atoms with Crippen molar-refractivity contribution in [2.75, 3.05) is 32.1 Å².